The zero-order valence-electron chi connectivity index (χ0n) is 24.0. The molecule has 0 radical (unpaired) electrons. The molecule has 0 unspecified atom stereocenters. The van der Waals surface area contributed by atoms with Crippen LogP contribution in [0, 0.1) is 0 Å². The number of phenolic OH excluding ortho intramolecular Hbond substituents is 4. The Morgan fingerprint density at radius 1 is 0.804 bits per heavy atom. The van der Waals surface area contributed by atoms with Crippen LogP contribution in [0.1, 0.15) is 10.4 Å². The lowest BCUT2D eigenvalue weighted by Crippen LogP contribution is -2.60. The van der Waals surface area contributed by atoms with Gasteiger partial charge in [0.2, 0.25) is 23.2 Å². The predicted molar refractivity (Wildman–Crippen MR) is 153 cm³/mol. The van der Waals surface area contributed by atoms with E-state index in [4.69, 9.17) is 28.1 Å². The Morgan fingerprint density at radius 3 is 2.13 bits per heavy atom. The number of rotatable bonds is 8. The predicted octanol–water partition coefficient (Wildman–Crippen LogP) is 1.05. The lowest BCUT2D eigenvalue weighted by atomic mass is 9.99. The first kappa shape index (κ1) is 32.0. The Morgan fingerprint density at radius 2 is 1.48 bits per heavy atom. The summed E-state index contributed by atoms with van der Waals surface area (Å²) in [5.74, 6) is -4.78. The minimum Gasteiger partial charge on any atom is -0.508 e. The molecule has 3 aromatic carbocycles. The van der Waals surface area contributed by atoms with Crippen molar-refractivity contribution in [3.8, 4) is 57.3 Å². The molecule has 8 N–H and O–H groups in total. The Kier molecular flexibility index (Phi) is 8.71. The number of hydrogen-bond donors (Lipinski definition) is 8. The van der Waals surface area contributed by atoms with E-state index in [1.165, 1.54) is 32.4 Å². The van der Waals surface area contributed by atoms with Gasteiger partial charge in [0.05, 0.1) is 19.8 Å². The summed E-state index contributed by atoms with van der Waals surface area (Å²) in [6.07, 6.45) is -8.73. The van der Waals surface area contributed by atoms with Gasteiger partial charge in [0.25, 0.3) is 0 Å². The van der Waals surface area contributed by atoms with Crippen LogP contribution in [-0.4, -0.2) is 98.4 Å². The van der Waals surface area contributed by atoms with E-state index in [-0.39, 0.29) is 34.0 Å². The number of carbonyl (C=O) groups excluding carboxylic acids is 1. The second-order valence-electron chi connectivity index (χ2n) is 10.1. The van der Waals surface area contributed by atoms with Crippen LogP contribution in [0.4, 0.5) is 0 Å². The number of aliphatic hydroxyl groups excluding tert-OH is 3. The summed E-state index contributed by atoms with van der Waals surface area (Å²) in [6, 6.07) is 7.71. The topological polar surface area (TPSA) is 255 Å². The monoisotopic (exact) mass is 644 g/mol. The molecule has 5 rings (SSSR count). The first-order valence-corrected chi connectivity index (χ1v) is 13.4. The smallest absolute Gasteiger partial charge is 0.338 e. The average molecular weight is 645 g/mol. The normalized spacial score (nSPS) is 21.1. The Hall–Kier alpha value is -5.42. The third-order valence-corrected chi connectivity index (χ3v) is 7.16. The molecule has 1 aliphatic rings. The first-order chi connectivity index (χ1) is 21.8. The van der Waals surface area contributed by atoms with E-state index in [0.29, 0.717) is 0 Å². The van der Waals surface area contributed by atoms with Crippen molar-refractivity contribution in [3.63, 3.8) is 0 Å². The summed E-state index contributed by atoms with van der Waals surface area (Å²) in [6.45, 7) is -0.656. The number of ether oxygens (including phenoxy) is 5. The molecule has 1 fully saturated rings. The van der Waals surface area contributed by atoms with Crippen molar-refractivity contribution in [1.82, 2.24) is 0 Å². The van der Waals surface area contributed by atoms with Crippen molar-refractivity contribution in [2.24, 2.45) is 0 Å². The van der Waals surface area contributed by atoms with Crippen LogP contribution in [0.15, 0.2) is 51.7 Å². The molecule has 2 heterocycles. The van der Waals surface area contributed by atoms with Gasteiger partial charge in [0, 0.05) is 17.7 Å². The fourth-order valence-corrected chi connectivity index (χ4v) is 4.75. The number of aromatic hydroxyl groups is 5. The lowest BCUT2D eigenvalue weighted by molar-refractivity contribution is -0.277. The van der Waals surface area contributed by atoms with Crippen LogP contribution in [0.5, 0.6) is 46.0 Å². The third-order valence-electron chi connectivity index (χ3n) is 7.16. The Balaban J connectivity index is 1.38. The molecule has 0 amide bonds. The largest absolute Gasteiger partial charge is 0.508 e. The Labute approximate surface area is 258 Å². The summed E-state index contributed by atoms with van der Waals surface area (Å²) in [4.78, 5) is 25.5. The highest BCUT2D eigenvalue weighted by molar-refractivity contribution is 5.91. The number of methoxy groups -OCH3 is 2. The number of aliphatic hydroxyl groups is 3. The van der Waals surface area contributed by atoms with Gasteiger partial charge < -0.3 is 69.0 Å². The van der Waals surface area contributed by atoms with Crippen LogP contribution in [0.25, 0.3) is 22.3 Å². The van der Waals surface area contributed by atoms with E-state index >= 15 is 0 Å². The van der Waals surface area contributed by atoms with Crippen molar-refractivity contribution < 1.29 is 73.7 Å². The molecular formula is C30H28O16. The number of hydrogen-bond acceptors (Lipinski definition) is 16. The van der Waals surface area contributed by atoms with Crippen LogP contribution in [0.2, 0.25) is 0 Å². The molecule has 16 heteroatoms. The maximum atomic E-state index is 12.8. The molecule has 0 aliphatic carbocycles. The van der Waals surface area contributed by atoms with Crippen molar-refractivity contribution in [3.05, 3.63) is 58.3 Å². The molecule has 244 valence electrons. The molecule has 0 bridgehead atoms. The number of benzene rings is 3. The molecule has 0 spiro atoms. The minimum atomic E-state index is -1.88. The number of phenols is 4. The highest BCUT2D eigenvalue weighted by Crippen LogP contribution is 2.40. The van der Waals surface area contributed by atoms with E-state index < -0.39 is 88.6 Å². The molecular weight excluding hydrogens is 616 g/mol. The summed E-state index contributed by atoms with van der Waals surface area (Å²) >= 11 is 0. The average Bonchev–Trinajstić information content (AvgIpc) is 3.03. The fraction of sp³-hybridized carbons (Fsp3) is 0.267. The third kappa shape index (κ3) is 5.84. The molecule has 1 saturated heterocycles. The SMILES string of the molecule is COc1cc(C(=O)OC[C@H]2O[C@@H](Oc3cc(-c4oc5cc(O)cc(O)c5c(=O)c4O)ccc3O)[C@@H](O)[C@H](O)[C@@H]2O)cc(OC)c1O. The number of esters is 1. The molecule has 4 aromatic rings. The van der Waals surface area contributed by atoms with E-state index in [2.05, 4.69) is 0 Å². The Bertz CT molecular complexity index is 1820. The zero-order chi connectivity index (χ0) is 33.4. The van der Waals surface area contributed by atoms with Gasteiger partial charge in [0.1, 0.15) is 53.5 Å². The lowest BCUT2D eigenvalue weighted by Gasteiger charge is -2.39. The van der Waals surface area contributed by atoms with Crippen molar-refractivity contribution in [2.45, 2.75) is 30.7 Å². The zero-order valence-corrected chi connectivity index (χ0v) is 24.0. The molecule has 46 heavy (non-hydrogen) atoms. The molecule has 16 nitrogen and oxygen atoms in total. The highest BCUT2D eigenvalue weighted by atomic mass is 16.7. The van der Waals surface area contributed by atoms with Crippen LogP contribution in [0.3, 0.4) is 0 Å². The van der Waals surface area contributed by atoms with Crippen LogP contribution in [-0.2, 0) is 9.47 Å². The van der Waals surface area contributed by atoms with Gasteiger partial charge in [0.15, 0.2) is 28.8 Å². The van der Waals surface area contributed by atoms with Gasteiger partial charge in [-0.3, -0.25) is 4.79 Å². The van der Waals surface area contributed by atoms with Gasteiger partial charge in [-0.2, -0.15) is 0 Å². The van der Waals surface area contributed by atoms with Crippen molar-refractivity contribution in [1.29, 1.82) is 0 Å². The summed E-state index contributed by atoms with van der Waals surface area (Å²) in [5, 5.41) is 82.1. The molecule has 1 aromatic heterocycles. The van der Waals surface area contributed by atoms with E-state index in [9.17, 15) is 50.4 Å². The second kappa shape index (κ2) is 12.5. The molecule has 5 atom stereocenters. The standard InChI is InChI=1S/C30H28O16/c1-41-18-6-12(7-19(42-2)22(18)34)29(40)43-10-20-23(35)25(37)27(39)30(46-20)45-16-5-11(3-4-14(16)32)28-26(38)24(36)21-15(33)8-13(31)9-17(21)44-28/h3-9,20,23,25,27,30-35,37-39H,10H2,1-2H3/t20-,23-,25-,27+,30-/m1/s1. The van der Waals surface area contributed by atoms with Gasteiger partial charge >= 0.3 is 5.97 Å². The summed E-state index contributed by atoms with van der Waals surface area (Å²) in [5.41, 5.74) is -1.42. The van der Waals surface area contributed by atoms with Gasteiger partial charge in [-0.25, -0.2) is 4.79 Å². The van der Waals surface area contributed by atoms with Crippen molar-refractivity contribution >= 4 is 16.9 Å². The second-order valence-corrected chi connectivity index (χ2v) is 10.1. The number of carbonyl (C=O) groups is 1. The van der Waals surface area contributed by atoms with Gasteiger partial charge in [-0.15, -0.1) is 0 Å². The molecule has 0 saturated carbocycles. The maximum Gasteiger partial charge on any atom is 0.338 e. The first-order valence-electron chi connectivity index (χ1n) is 13.4. The quantitative estimate of drug-likeness (QED) is 0.125. The van der Waals surface area contributed by atoms with Gasteiger partial charge in [-0.1, -0.05) is 0 Å². The number of fused-ring (bicyclic) bond motifs is 1. The molecule has 1 aliphatic heterocycles. The summed E-state index contributed by atoms with van der Waals surface area (Å²) in [7, 11) is 2.52. The highest BCUT2D eigenvalue weighted by Gasteiger charge is 2.46. The van der Waals surface area contributed by atoms with E-state index in [1.807, 2.05) is 0 Å². The van der Waals surface area contributed by atoms with Crippen LogP contribution >= 0.6 is 0 Å². The van der Waals surface area contributed by atoms with Crippen molar-refractivity contribution in [2.75, 3.05) is 20.8 Å². The fourth-order valence-electron chi connectivity index (χ4n) is 4.75. The minimum absolute atomic E-state index is 0.0387. The van der Waals surface area contributed by atoms with Crippen LogP contribution < -0.4 is 19.6 Å². The van der Waals surface area contributed by atoms with E-state index in [1.54, 1.807) is 0 Å². The maximum absolute atomic E-state index is 12.8. The summed E-state index contributed by atoms with van der Waals surface area (Å²) < 4.78 is 32.0. The van der Waals surface area contributed by atoms with Gasteiger partial charge in [-0.05, 0) is 30.3 Å². The van der Waals surface area contributed by atoms with E-state index in [0.717, 1.165) is 24.3 Å².